The Bertz CT molecular complexity index is 2620. The molecular formula is C45H26S. The van der Waals surface area contributed by atoms with E-state index in [0.717, 1.165) is 0 Å². The maximum atomic E-state index is 2.47. The molecule has 212 valence electrons. The predicted molar refractivity (Wildman–Crippen MR) is 193 cm³/mol. The van der Waals surface area contributed by atoms with Crippen molar-refractivity contribution in [2.45, 2.75) is 15.2 Å². The van der Waals surface area contributed by atoms with E-state index in [0.29, 0.717) is 0 Å². The van der Waals surface area contributed by atoms with Gasteiger partial charge < -0.3 is 0 Å². The van der Waals surface area contributed by atoms with Gasteiger partial charge in [0.05, 0.1) is 5.41 Å². The molecule has 0 radical (unpaired) electrons. The molecule has 0 fully saturated rings. The summed E-state index contributed by atoms with van der Waals surface area (Å²) in [4.78, 5) is 2.67. The van der Waals surface area contributed by atoms with Crippen LogP contribution in [0.4, 0.5) is 0 Å². The Kier molecular flexibility index (Phi) is 4.80. The van der Waals surface area contributed by atoms with E-state index in [1.54, 1.807) is 0 Å². The summed E-state index contributed by atoms with van der Waals surface area (Å²) < 4.78 is 0. The molecule has 1 spiro atoms. The molecular weight excluding hydrogens is 573 g/mol. The molecule has 1 heterocycles. The molecule has 0 nitrogen and oxygen atoms in total. The molecule has 0 amide bonds. The van der Waals surface area contributed by atoms with Crippen LogP contribution in [0.15, 0.2) is 168 Å². The molecule has 1 atom stereocenters. The van der Waals surface area contributed by atoms with Gasteiger partial charge in [0, 0.05) is 15.2 Å². The van der Waals surface area contributed by atoms with Gasteiger partial charge in [0.25, 0.3) is 0 Å². The van der Waals surface area contributed by atoms with Gasteiger partial charge in [-0.15, -0.1) is 0 Å². The molecule has 2 aliphatic carbocycles. The van der Waals surface area contributed by atoms with Crippen LogP contribution in [0.1, 0.15) is 22.3 Å². The second kappa shape index (κ2) is 8.88. The lowest BCUT2D eigenvalue weighted by Crippen LogP contribution is -2.31. The Morgan fingerprint density at radius 2 is 0.913 bits per heavy atom. The molecule has 0 saturated heterocycles. The quantitative estimate of drug-likeness (QED) is 0.181. The summed E-state index contributed by atoms with van der Waals surface area (Å²) in [5, 5.41) is 5.34. The predicted octanol–water partition coefficient (Wildman–Crippen LogP) is 12.1. The summed E-state index contributed by atoms with van der Waals surface area (Å²) in [6.07, 6.45) is 0. The first-order valence-corrected chi connectivity index (χ1v) is 16.8. The lowest BCUT2D eigenvalue weighted by molar-refractivity contribution is 0.773. The van der Waals surface area contributed by atoms with Gasteiger partial charge >= 0.3 is 0 Å². The van der Waals surface area contributed by atoms with Gasteiger partial charge in [-0.05, 0) is 113 Å². The molecule has 3 aliphatic rings. The van der Waals surface area contributed by atoms with E-state index in [2.05, 4.69) is 158 Å². The molecule has 0 saturated carbocycles. The maximum Gasteiger partial charge on any atom is 0.0725 e. The first-order chi connectivity index (χ1) is 22.8. The molecule has 1 aliphatic heterocycles. The van der Waals surface area contributed by atoms with E-state index in [4.69, 9.17) is 0 Å². The highest BCUT2D eigenvalue weighted by Gasteiger charge is 2.49. The molecule has 0 aromatic heterocycles. The van der Waals surface area contributed by atoms with Gasteiger partial charge in [-0.3, -0.25) is 0 Å². The molecule has 11 rings (SSSR count). The van der Waals surface area contributed by atoms with E-state index in [-0.39, 0.29) is 5.41 Å². The van der Waals surface area contributed by atoms with Crippen LogP contribution in [-0.4, -0.2) is 0 Å². The topological polar surface area (TPSA) is 0 Å². The van der Waals surface area contributed by atoms with Crippen LogP contribution in [0.5, 0.6) is 0 Å². The van der Waals surface area contributed by atoms with E-state index in [1.807, 2.05) is 11.8 Å². The van der Waals surface area contributed by atoms with Crippen LogP contribution in [-0.2, 0) is 5.41 Å². The van der Waals surface area contributed by atoms with Crippen molar-refractivity contribution >= 4 is 33.3 Å². The minimum Gasteiger partial charge on any atom is -0.0888 e. The minimum absolute atomic E-state index is 0.380. The Morgan fingerprint density at radius 1 is 0.326 bits per heavy atom. The van der Waals surface area contributed by atoms with Crippen LogP contribution in [0.25, 0.3) is 66.1 Å². The van der Waals surface area contributed by atoms with Crippen molar-refractivity contribution in [2.75, 3.05) is 0 Å². The van der Waals surface area contributed by atoms with Crippen molar-refractivity contribution in [1.82, 2.24) is 0 Å². The highest BCUT2D eigenvalue weighted by molar-refractivity contribution is 7.99. The van der Waals surface area contributed by atoms with Crippen LogP contribution in [0.2, 0.25) is 0 Å². The van der Waals surface area contributed by atoms with E-state index in [1.165, 1.54) is 98.1 Å². The van der Waals surface area contributed by atoms with Crippen molar-refractivity contribution in [1.29, 1.82) is 0 Å². The molecule has 1 unspecified atom stereocenters. The zero-order valence-electron chi connectivity index (χ0n) is 24.9. The van der Waals surface area contributed by atoms with Crippen LogP contribution < -0.4 is 0 Å². The first kappa shape index (κ1) is 24.9. The standard InChI is InChI=1S/C45H26S/c1-4-17-37-31(13-1)34-16-7-10-27-11-8-19-40(43(27)34)45(37)38-18-5-2-14-32(38)35-25-28(22-23-39(35)45)30-24-29-12-9-21-42-44(29)36(26-30)33-15-3-6-20-41(33)46-42/h1-26H. The third-order valence-electron chi connectivity index (χ3n) is 10.6. The average molecular weight is 599 g/mol. The molecule has 46 heavy (non-hydrogen) atoms. The van der Waals surface area contributed by atoms with Crippen LogP contribution in [0.3, 0.4) is 0 Å². The second-order valence-corrected chi connectivity index (χ2v) is 13.9. The van der Waals surface area contributed by atoms with Gasteiger partial charge in [-0.2, -0.15) is 0 Å². The van der Waals surface area contributed by atoms with Crippen molar-refractivity contribution < 1.29 is 0 Å². The third-order valence-corrected chi connectivity index (χ3v) is 11.8. The number of rotatable bonds is 1. The minimum atomic E-state index is -0.380. The molecule has 8 aromatic rings. The number of fused-ring (bicyclic) bond motifs is 11. The lowest BCUT2D eigenvalue weighted by atomic mass is 9.61. The number of hydrogen-bond acceptors (Lipinski definition) is 1. The Balaban J connectivity index is 1.21. The summed E-state index contributed by atoms with van der Waals surface area (Å²) in [5.41, 5.74) is 15.6. The Labute approximate surface area is 272 Å². The largest absolute Gasteiger partial charge is 0.0888 e. The summed E-state index contributed by atoms with van der Waals surface area (Å²) in [5.74, 6) is 0. The van der Waals surface area contributed by atoms with E-state index in [9.17, 15) is 0 Å². The van der Waals surface area contributed by atoms with Crippen LogP contribution >= 0.6 is 11.8 Å². The summed E-state index contributed by atoms with van der Waals surface area (Å²) in [6, 6.07) is 59.6. The highest BCUT2D eigenvalue weighted by Crippen LogP contribution is 2.62. The maximum absolute atomic E-state index is 2.47. The van der Waals surface area contributed by atoms with Crippen molar-refractivity contribution in [3.8, 4) is 44.5 Å². The fourth-order valence-electron chi connectivity index (χ4n) is 8.87. The summed E-state index contributed by atoms with van der Waals surface area (Å²) in [7, 11) is 0. The Morgan fingerprint density at radius 3 is 1.76 bits per heavy atom. The molecule has 1 heteroatoms. The summed E-state index contributed by atoms with van der Waals surface area (Å²) in [6.45, 7) is 0. The number of hydrogen-bond donors (Lipinski definition) is 0. The Hall–Kier alpha value is -5.37. The van der Waals surface area contributed by atoms with Gasteiger partial charge in [0.15, 0.2) is 0 Å². The van der Waals surface area contributed by atoms with Gasteiger partial charge in [-0.1, -0.05) is 139 Å². The monoisotopic (exact) mass is 598 g/mol. The van der Waals surface area contributed by atoms with Gasteiger partial charge in [-0.25, -0.2) is 0 Å². The van der Waals surface area contributed by atoms with Crippen LogP contribution in [0, 0.1) is 0 Å². The van der Waals surface area contributed by atoms with E-state index >= 15 is 0 Å². The zero-order valence-corrected chi connectivity index (χ0v) is 25.7. The smallest absolute Gasteiger partial charge is 0.0725 e. The van der Waals surface area contributed by atoms with Gasteiger partial charge in [0.2, 0.25) is 0 Å². The van der Waals surface area contributed by atoms with Crippen molar-refractivity contribution in [2.24, 2.45) is 0 Å². The zero-order chi connectivity index (χ0) is 30.0. The van der Waals surface area contributed by atoms with E-state index < -0.39 is 0 Å². The average Bonchev–Trinajstić information content (AvgIpc) is 3.41. The first-order valence-electron chi connectivity index (χ1n) is 16.0. The fraction of sp³-hybridized carbons (Fsp3) is 0.0222. The molecule has 8 aromatic carbocycles. The van der Waals surface area contributed by atoms with Gasteiger partial charge in [0.1, 0.15) is 0 Å². The van der Waals surface area contributed by atoms with Crippen molar-refractivity contribution in [3.05, 3.63) is 180 Å². The lowest BCUT2D eigenvalue weighted by Gasteiger charge is -2.40. The molecule has 0 bridgehead atoms. The van der Waals surface area contributed by atoms with Crippen molar-refractivity contribution in [3.63, 3.8) is 0 Å². The molecule has 0 N–H and O–H groups in total. The summed E-state index contributed by atoms with van der Waals surface area (Å²) >= 11 is 1.89. The second-order valence-electron chi connectivity index (χ2n) is 12.8. The highest BCUT2D eigenvalue weighted by atomic mass is 32.2. The SMILES string of the molecule is c1ccc2c(c1)Sc1cccc3cc(-c4ccc5c(c4)-c4ccccc4C54c5ccccc5-c5cccc6cccc4c56)cc-2c13. The number of benzene rings is 8. The normalized spacial score (nSPS) is 16.3. The fourth-order valence-corrected chi connectivity index (χ4v) is 10.0. The third kappa shape index (κ3) is 3.02.